The third-order valence-corrected chi connectivity index (χ3v) is 3.73. The molecule has 5 heteroatoms. The molecule has 1 aromatic heterocycles. The quantitative estimate of drug-likeness (QED) is 0.780. The Balaban J connectivity index is 1.75. The van der Waals surface area contributed by atoms with E-state index in [1.807, 2.05) is 54.6 Å². The van der Waals surface area contributed by atoms with Gasteiger partial charge in [-0.1, -0.05) is 54.1 Å². The number of halogens is 1. The third kappa shape index (κ3) is 3.99. The normalized spacial score (nSPS) is 10.5. The van der Waals surface area contributed by atoms with E-state index in [2.05, 4.69) is 10.3 Å². The number of rotatable bonds is 5. The van der Waals surface area contributed by atoms with Crippen molar-refractivity contribution in [3.8, 4) is 0 Å². The lowest BCUT2D eigenvalue weighted by molar-refractivity contribution is 0.749. The third-order valence-electron chi connectivity index (χ3n) is 3.48. The summed E-state index contributed by atoms with van der Waals surface area (Å²) in [6.45, 7) is 1.05. The van der Waals surface area contributed by atoms with Gasteiger partial charge in [-0.05, 0) is 23.3 Å². The van der Waals surface area contributed by atoms with Crippen LogP contribution in [0.15, 0.2) is 71.8 Å². The molecule has 0 aliphatic rings. The van der Waals surface area contributed by atoms with E-state index in [9.17, 15) is 4.79 Å². The molecule has 1 heterocycles. The van der Waals surface area contributed by atoms with Crippen molar-refractivity contribution in [2.75, 3.05) is 5.32 Å². The molecule has 2 aromatic carbocycles. The first-order valence-corrected chi connectivity index (χ1v) is 7.68. The van der Waals surface area contributed by atoms with Crippen molar-refractivity contribution < 1.29 is 0 Å². The number of benzene rings is 2. The van der Waals surface area contributed by atoms with Gasteiger partial charge in [-0.25, -0.2) is 4.98 Å². The Morgan fingerprint density at radius 3 is 2.48 bits per heavy atom. The lowest BCUT2D eigenvalue weighted by Crippen LogP contribution is -2.24. The first-order chi connectivity index (χ1) is 11.2. The van der Waals surface area contributed by atoms with Crippen LogP contribution >= 0.6 is 11.6 Å². The average Bonchev–Trinajstić information content (AvgIpc) is 2.58. The molecule has 116 valence electrons. The topological polar surface area (TPSA) is 46.9 Å². The summed E-state index contributed by atoms with van der Waals surface area (Å²) in [5.74, 6) is 0.352. The minimum absolute atomic E-state index is 0.140. The molecule has 0 atom stereocenters. The number of aromatic nitrogens is 2. The van der Waals surface area contributed by atoms with E-state index < -0.39 is 0 Å². The van der Waals surface area contributed by atoms with E-state index in [1.165, 1.54) is 0 Å². The van der Waals surface area contributed by atoms with E-state index >= 15 is 0 Å². The molecule has 23 heavy (non-hydrogen) atoms. The Morgan fingerprint density at radius 1 is 1.00 bits per heavy atom. The van der Waals surface area contributed by atoms with Crippen molar-refractivity contribution in [1.82, 2.24) is 9.55 Å². The first kappa shape index (κ1) is 15.3. The van der Waals surface area contributed by atoms with Gasteiger partial charge in [0.25, 0.3) is 5.56 Å². The van der Waals surface area contributed by atoms with Crippen molar-refractivity contribution >= 4 is 17.4 Å². The van der Waals surface area contributed by atoms with E-state index in [4.69, 9.17) is 11.6 Å². The Kier molecular flexibility index (Phi) is 4.74. The summed E-state index contributed by atoms with van der Waals surface area (Å²) in [6, 6.07) is 17.4. The average molecular weight is 326 g/mol. The van der Waals surface area contributed by atoms with Crippen molar-refractivity contribution in [2.45, 2.75) is 13.1 Å². The second kappa shape index (κ2) is 7.11. The predicted molar refractivity (Wildman–Crippen MR) is 92.8 cm³/mol. The van der Waals surface area contributed by atoms with Gasteiger partial charge in [0.05, 0.1) is 6.54 Å². The number of nitrogens with one attached hydrogen (secondary N) is 1. The molecule has 0 bridgehead atoms. The summed E-state index contributed by atoms with van der Waals surface area (Å²) in [7, 11) is 0. The molecule has 0 radical (unpaired) electrons. The van der Waals surface area contributed by atoms with Crippen LogP contribution in [0.25, 0.3) is 0 Å². The SMILES string of the molecule is O=c1c(NCc2ccccc2)nccn1Cc1ccc(Cl)cc1. The second-order valence-corrected chi connectivity index (χ2v) is 5.61. The van der Waals surface area contributed by atoms with Gasteiger partial charge in [0.1, 0.15) is 0 Å². The Bertz CT molecular complexity index is 829. The van der Waals surface area contributed by atoms with Gasteiger partial charge in [0.2, 0.25) is 0 Å². The van der Waals surface area contributed by atoms with Crippen LogP contribution in [-0.2, 0) is 13.1 Å². The van der Waals surface area contributed by atoms with Gasteiger partial charge in [0.15, 0.2) is 5.82 Å². The Labute approximate surface area is 139 Å². The minimum atomic E-state index is -0.140. The van der Waals surface area contributed by atoms with Crippen LogP contribution in [-0.4, -0.2) is 9.55 Å². The number of hydrogen-bond acceptors (Lipinski definition) is 3. The predicted octanol–water partition coefficient (Wildman–Crippen LogP) is 3.56. The molecule has 0 saturated heterocycles. The molecule has 1 N–H and O–H groups in total. The van der Waals surface area contributed by atoms with E-state index in [0.717, 1.165) is 11.1 Å². The van der Waals surface area contributed by atoms with E-state index in [0.29, 0.717) is 23.9 Å². The van der Waals surface area contributed by atoms with Crippen molar-refractivity contribution in [2.24, 2.45) is 0 Å². The molecule has 3 rings (SSSR count). The van der Waals surface area contributed by atoms with E-state index in [-0.39, 0.29) is 5.56 Å². The monoisotopic (exact) mass is 325 g/mol. The maximum atomic E-state index is 12.5. The van der Waals surface area contributed by atoms with Crippen molar-refractivity contribution in [3.05, 3.63) is 93.5 Å². The summed E-state index contributed by atoms with van der Waals surface area (Å²) in [4.78, 5) is 16.6. The van der Waals surface area contributed by atoms with Crippen molar-refractivity contribution in [3.63, 3.8) is 0 Å². The number of hydrogen-bond donors (Lipinski definition) is 1. The standard InChI is InChI=1S/C18H16ClN3O/c19-16-8-6-15(7-9-16)13-22-11-10-20-17(18(22)23)21-12-14-4-2-1-3-5-14/h1-11H,12-13H2,(H,20,21). The Morgan fingerprint density at radius 2 is 1.74 bits per heavy atom. The molecular formula is C18H16ClN3O. The van der Waals surface area contributed by atoms with Crippen LogP contribution in [0.4, 0.5) is 5.82 Å². The molecule has 3 aromatic rings. The lowest BCUT2D eigenvalue weighted by atomic mass is 10.2. The van der Waals surface area contributed by atoms with Gasteiger partial charge in [0, 0.05) is 24.0 Å². The van der Waals surface area contributed by atoms with E-state index in [1.54, 1.807) is 17.0 Å². The van der Waals surface area contributed by atoms with Crippen LogP contribution in [0, 0.1) is 0 Å². The molecule has 4 nitrogen and oxygen atoms in total. The largest absolute Gasteiger partial charge is 0.361 e. The molecule has 0 spiro atoms. The molecular weight excluding hydrogens is 310 g/mol. The summed E-state index contributed by atoms with van der Waals surface area (Å²) >= 11 is 5.88. The highest BCUT2D eigenvalue weighted by Crippen LogP contribution is 2.10. The smallest absolute Gasteiger partial charge is 0.293 e. The van der Waals surface area contributed by atoms with Crippen LogP contribution in [0.1, 0.15) is 11.1 Å². The minimum Gasteiger partial charge on any atom is -0.361 e. The Hall–Kier alpha value is -2.59. The molecule has 0 aliphatic heterocycles. The first-order valence-electron chi connectivity index (χ1n) is 7.30. The fourth-order valence-corrected chi connectivity index (χ4v) is 2.39. The highest BCUT2D eigenvalue weighted by atomic mass is 35.5. The molecule has 0 amide bonds. The van der Waals surface area contributed by atoms with Gasteiger partial charge in [-0.2, -0.15) is 0 Å². The summed E-state index contributed by atoms with van der Waals surface area (Å²) < 4.78 is 1.63. The van der Waals surface area contributed by atoms with Crippen LogP contribution in [0.3, 0.4) is 0 Å². The molecule has 0 aliphatic carbocycles. The lowest BCUT2D eigenvalue weighted by Gasteiger charge is -2.09. The maximum Gasteiger partial charge on any atom is 0.293 e. The van der Waals surface area contributed by atoms with Gasteiger partial charge in [-0.3, -0.25) is 4.79 Å². The molecule has 0 fully saturated rings. The van der Waals surface area contributed by atoms with Gasteiger partial charge in [-0.15, -0.1) is 0 Å². The number of nitrogens with zero attached hydrogens (tertiary/aromatic N) is 2. The maximum absolute atomic E-state index is 12.5. The second-order valence-electron chi connectivity index (χ2n) is 5.17. The fraction of sp³-hybridized carbons (Fsp3) is 0.111. The molecule has 0 unspecified atom stereocenters. The fourth-order valence-electron chi connectivity index (χ4n) is 2.26. The van der Waals surface area contributed by atoms with Crippen LogP contribution < -0.4 is 10.9 Å². The van der Waals surface area contributed by atoms with Gasteiger partial charge >= 0.3 is 0 Å². The molecule has 0 saturated carbocycles. The summed E-state index contributed by atoms with van der Waals surface area (Å²) in [5, 5.41) is 3.78. The zero-order chi connectivity index (χ0) is 16.1. The van der Waals surface area contributed by atoms with Gasteiger partial charge < -0.3 is 9.88 Å². The highest BCUT2D eigenvalue weighted by molar-refractivity contribution is 6.30. The van der Waals surface area contributed by atoms with Crippen LogP contribution in [0.5, 0.6) is 0 Å². The highest BCUT2D eigenvalue weighted by Gasteiger charge is 2.05. The zero-order valence-electron chi connectivity index (χ0n) is 12.4. The number of anilines is 1. The van der Waals surface area contributed by atoms with Crippen LogP contribution in [0.2, 0.25) is 5.02 Å². The van der Waals surface area contributed by atoms with Crippen molar-refractivity contribution in [1.29, 1.82) is 0 Å². The summed E-state index contributed by atoms with van der Waals surface area (Å²) in [5.41, 5.74) is 1.97. The summed E-state index contributed by atoms with van der Waals surface area (Å²) in [6.07, 6.45) is 3.31. The zero-order valence-corrected chi connectivity index (χ0v) is 13.2.